The standard InChI is InChI=1S/C24H29N9O2/c1-6-32-22(15-10-25-14(4)26-11-15)30-20-21(27-12-28-23(20)32)29-16-7-8-18-17(9-16)19(13(2)3)31-33(18)24(34)35-5/h10-13,16H,6-9H2,1-5H3,(H,27,28,29). The Bertz CT molecular complexity index is 1390. The SMILES string of the molecule is CCn1c(-c2cnc(C)nc2)nc2c(NC3CCc4c(c(C(C)C)nn4C(=O)OC)C3)ncnc21. The molecule has 0 aliphatic heterocycles. The molecular formula is C24H29N9O2. The Labute approximate surface area is 203 Å². The van der Waals surface area contributed by atoms with Crippen LogP contribution in [0.1, 0.15) is 55.9 Å². The van der Waals surface area contributed by atoms with E-state index in [-0.39, 0.29) is 12.0 Å². The molecule has 11 heteroatoms. The van der Waals surface area contributed by atoms with Crippen LogP contribution < -0.4 is 5.32 Å². The molecule has 1 unspecified atom stereocenters. The number of aromatic nitrogens is 8. The van der Waals surface area contributed by atoms with Crippen LogP contribution in [0, 0.1) is 6.92 Å². The van der Waals surface area contributed by atoms with Crippen molar-refractivity contribution in [3.63, 3.8) is 0 Å². The van der Waals surface area contributed by atoms with Crippen LogP contribution >= 0.6 is 0 Å². The van der Waals surface area contributed by atoms with Gasteiger partial charge in [0.1, 0.15) is 18.0 Å². The van der Waals surface area contributed by atoms with Crippen molar-refractivity contribution in [2.24, 2.45) is 0 Å². The van der Waals surface area contributed by atoms with Gasteiger partial charge in [0.15, 0.2) is 17.0 Å². The summed E-state index contributed by atoms with van der Waals surface area (Å²) in [6.45, 7) is 8.79. The molecule has 0 spiro atoms. The zero-order valence-electron chi connectivity index (χ0n) is 20.6. The Morgan fingerprint density at radius 2 is 2.00 bits per heavy atom. The lowest BCUT2D eigenvalue weighted by atomic mass is 9.89. The minimum absolute atomic E-state index is 0.117. The first-order valence-corrected chi connectivity index (χ1v) is 11.9. The lowest BCUT2D eigenvalue weighted by Gasteiger charge is -2.25. The first kappa shape index (κ1) is 22.9. The molecule has 0 saturated carbocycles. The molecule has 4 aromatic heterocycles. The van der Waals surface area contributed by atoms with Crippen molar-refractivity contribution in [3.05, 3.63) is 41.5 Å². The van der Waals surface area contributed by atoms with Gasteiger partial charge in [0.05, 0.1) is 24.1 Å². The molecular weight excluding hydrogens is 446 g/mol. The zero-order valence-corrected chi connectivity index (χ0v) is 20.6. The zero-order chi connectivity index (χ0) is 24.7. The van der Waals surface area contributed by atoms with Gasteiger partial charge in [0, 0.05) is 25.0 Å². The highest BCUT2D eigenvalue weighted by Gasteiger charge is 2.30. The van der Waals surface area contributed by atoms with Crippen LogP contribution in [0.3, 0.4) is 0 Å². The molecule has 0 amide bonds. The summed E-state index contributed by atoms with van der Waals surface area (Å²) in [5.74, 6) is 2.36. The number of carbonyl (C=O) groups excluding carboxylic acids is 1. The van der Waals surface area contributed by atoms with Gasteiger partial charge < -0.3 is 14.6 Å². The molecule has 4 heterocycles. The monoisotopic (exact) mass is 475 g/mol. The van der Waals surface area contributed by atoms with Crippen molar-refractivity contribution in [2.75, 3.05) is 12.4 Å². The van der Waals surface area contributed by atoms with Crippen molar-refractivity contribution in [1.82, 2.24) is 39.3 Å². The number of aryl methyl sites for hydroxylation is 2. The predicted molar refractivity (Wildman–Crippen MR) is 130 cm³/mol. The van der Waals surface area contributed by atoms with Gasteiger partial charge in [0.25, 0.3) is 0 Å². The van der Waals surface area contributed by atoms with Gasteiger partial charge in [-0.1, -0.05) is 13.8 Å². The largest absolute Gasteiger partial charge is 0.451 e. The van der Waals surface area contributed by atoms with Gasteiger partial charge in [-0.15, -0.1) is 0 Å². The number of anilines is 1. The number of nitrogens with one attached hydrogen (secondary N) is 1. The van der Waals surface area contributed by atoms with E-state index in [1.807, 2.05) is 11.5 Å². The van der Waals surface area contributed by atoms with E-state index in [0.29, 0.717) is 30.1 Å². The Morgan fingerprint density at radius 1 is 1.23 bits per heavy atom. The number of methoxy groups -OCH3 is 1. The van der Waals surface area contributed by atoms with E-state index in [2.05, 4.69) is 51.1 Å². The highest BCUT2D eigenvalue weighted by molar-refractivity contribution is 5.86. The van der Waals surface area contributed by atoms with E-state index in [4.69, 9.17) is 9.72 Å². The highest BCUT2D eigenvalue weighted by atomic mass is 16.5. The van der Waals surface area contributed by atoms with E-state index in [9.17, 15) is 4.79 Å². The summed E-state index contributed by atoms with van der Waals surface area (Å²) in [5.41, 5.74) is 5.28. The van der Waals surface area contributed by atoms with E-state index in [1.165, 1.54) is 11.8 Å². The lowest BCUT2D eigenvalue weighted by molar-refractivity contribution is 0.168. The summed E-state index contributed by atoms with van der Waals surface area (Å²) < 4.78 is 8.41. The van der Waals surface area contributed by atoms with E-state index >= 15 is 0 Å². The molecule has 0 aromatic carbocycles. The van der Waals surface area contributed by atoms with Crippen LogP contribution in [0.15, 0.2) is 18.7 Å². The normalized spacial score (nSPS) is 15.4. The molecule has 5 rings (SSSR count). The van der Waals surface area contributed by atoms with Crippen molar-refractivity contribution in [2.45, 2.75) is 65.5 Å². The van der Waals surface area contributed by atoms with Gasteiger partial charge in [-0.3, -0.25) is 0 Å². The van der Waals surface area contributed by atoms with Crippen molar-refractivity contribution in [1.29, 1.82) is 0 Å². The first-order chi connectivity index (χ1) is 16.9. The van der Waals surface area contributed by atoms with E-state index in [1.54, 1.807) is 18.7 Å². The van der Waals surface area contributed by atoms with Gasteiger partial charge in [-0.25, -0.2) is 29.7 Å². The molecule has 11 nitrogen and oxygen atoms in total. The fourth-order valence-electron chi connectivity index (χ4n) is 4.73. The summed E-state index contributed by atoms with van der Waals surface area (Å²) in [7, 11) is 1.38. The molecule has 0 fully saturated rings. The van der Waals surface area contributed by atoms with Crippen molar-refractivity contribution >= 4 is 23.1 Å². The summed E-state index contributed by atoms with van der Waals surface area (Å²) in [6.07, 6.45) is 6.96. The number of imidazole rings is 1. The second-order valence-electron chi connectivity index (χ2n) is 9.02. The molecule has 1 N–H and O–H groups in total. The molecule has 0 radical (unpaired) electrons. The van der Waals surface area contributed by atoms with Gasteiger partial charge in [0.2, 0.25) is 0 Å². The Hall–Kier alpha value is -3.89. The maximum absolute atomic E-state index is 12.3. The molecule has 1 aliphatic carbocycles. The average Bonchev–Trinajstić information content (AvgIpc) is 3.43. The summed E-state index contributed by atoms with van der Waals surface area (Å²) in [5, 5.41) is 8.18. The third-order valence-corrected chi connectivity index (χ3v) is 6.42. The van der Waals surface area contributed by atoms with Crippen LogP contribution in [0.25, 0.3) is 22.6 Å². The summed E-state index contributed by atoms with van der Waals surface area (Å²) in [4.78, 5) is 34.9. The minimum atomic E-state index is -0.449. The van der Waals surface area contributed by atoms with Gasteiger partial charge >= 0.3 is 6.09 Å². The second-order valence-corrected chi connectivity index (χ2v) is 9.02. The third-order valence-electron chi connectivity index (χ3n) is 6.42. The summed E-state index contributed by atoms with van der Waals surface area (Å²) in [6, 6.07) is 0.117. The highest BCUT2D eigenvalue weighted by Crippen LogP contribution is 2.32. The Kier molecular flexibility index (Phi) is 5.91. The number of rotatable bonds is 5. The van der Waals surface area contributed by atoms with Crippen molar-refractivity contribution < 1.29 is 9.53 Å². The second kappa shape index (κ2) is 9.05. The molecule has 0 bridgehead atoms. The number of hydrogen-bond acceptors (Lipinski definition) is 9. The lowest BCUT2D eigenvalue weighted by Crippen LogP contribution is -2.29. The number of fused-ring (bicyclic) bond motifs is 2. The smallest absolute Gasteiger partial charge is 0.434 e. The number of ether oxygens (including phenoxy) is 1. The van der Waals surface area contributed by atoms with Gasteiger partial charge in [-0.2, -0.15) is 9.78 Å². The topological polar surface area (TPSA) is 126 Å². The van der Waals surface area contributed by atoms with Crippen LogP contribution in [0.5, 0.6) is 0 Å². The molecule has 182 valence electrons. The average molecular weight is 476 g/mol. The van der Waals surface area contributed by atoms with Crippen LogP contribution in [-0.2, 0) is 24.1 Å². The van der Waals surface area contributed by atoms with Crippen LogP contribution in [0.4, 0.5) is 10.6 Å². The minimum Gasteiger partial charge on any atom is -0.451 e. The van der Waals surface area contributed by atoms with Crippen molar-refractivity contribution in [3.8, 4) is 11.4 Å². The molecule has 35 heavy (non-hydrogen) atoms. The summed E-state index contributed by atoms with van der Waals surface area (Å²) >= 11 is 0. The van der Waals surface area contributed by atoms with Crippen LogP contribution in [-0.4, -0.2) is 58.5 Å². The molecule has 0 saturated heterocycles. The molecule has 1 aliphatic rings. The maximum atomic E-state index is 12.3. The molecule has 1 atom stereocenters. The van der Waals surface area contributed by atoms with E-state index < -0.39 is 6.09 Å². The molecule has 4 aromatic rings. The first-order valence-electron chi connectivity index (χ1n) is 11.9. The Morgan fingerprint density at radius 3 is 2.69 bits per heavy atom. The van der Waals surface area contributed by atoms with Gasteiger partial charge in [-0.05, 0) is 44.6 Å². The fraction of sp³-hybridized carbons (Fsp3) is 0.458. The number of carbonyl (C=O) groups is 1. The number of nitrogens with zero attached hydrogens (tertiary/aromatic N) is 8. The van der Waals surface area contributed by atoms with E-state index in [0.717, 1.165) is 46.8 Å². The number of hydrogen-bond donors (Lipinski definition) is 1. The quantitative estimate of drug-likeness (QED) is 0.461. The fourth-order valence-corrected chi connectivity index (χ4v) is 4.73. The predicted octanol–water partition coefficient (Wildman–Crippen LogP) is 3.52. The Balaban J connectivity index is 1.49. The maximum Gasteiger partial charge on any atom is 0.434 e. The third kappa shape index (κ3) is 4.00. The van der Waals surface area contributed by atoms with Crippen LogP contribution in [0.2, 0.25) is 0 Å².